The topological polar surface area (TPSA) is 39.7 Å². The fourth-order valence-electron chi connectivity index (χ4n) is 2.03. The summed E-state index contributed by atoms with van der Waals surface area (Å²) >= 11 is 3.56. The third-order valence-electron chi connectivity index (χ3n) is 3.09. The molecule has 0 aliphatic carbocycles. The van der Waals surface area contributed by atoms with E-state index in [1.54, 1.807) is 0 Å². The normalized spacial score (nSPS) is 15.8. The van der Waals surface area contributed by atoms with Crippen molar-refractivity contribution in [3.63, 3.8) is 0 Å². The Kier molecular flexibility index (Phi) is 6.13. The number of nitrogens with one attached hydrogen (secondary N) is 1. The number of benzene rings is 1. The summed E-state index contributed by atoms with van der Waals surface area (Å²) in [7, 11) is 0. The van der Waals surface area contributed by atoms with Gasteiger partial charge in [0, 0.05) is 25.6 Å². The molecule has 0 spiro atoms. The molecule has 1 aliphatic rings. The van der Waals surface area contributed by atoms with E-state index in [1.807, 2.05) is 13.0 Å². The zero-order valence-electron chi connectivity index (χ0n) is 12.1. The largest absolute Gasteiger partial charge is 0.490 e. The first-order valence-electron chi connectivity index (χ1n) is 7.10. The van der Waals surface area contributed by atoms with E-state index in [4.69, 9.17) is 14.2 Å². The number of rotatable bonds is 6. The second-order valence-corrected chi connectivity index (χ2v) is 5.75. The van der Waals surface area contributed by atoms with Crippen molar-refractivity contribution in [1.29, 1.82) is 0 Å². The van der Waals surface area contributed by atoms with Crippen LogP contribution in [0.3, 0.4) is 0 Å². The van der Waals surface area contributed by atoms with Crippen molar-refractivity contribution in [3.05, 3.63) is 22.2 Å². The molecule has 20 heavy (non-hydrogen) atoms. The van der Waals surface area contributed by atoms with Gasteiger partial charge in [0.25, 0.3) is 0 Å². The lowest BCUT2D eigenvalue weighted by Crippen LogP contribution is -2.30. The van der Waals surface area contributed by atoms with Gasteiger partial charge in [-0.25, -0.2) is 0 Å². The van der Waals surface area contributed by atoms with Crippen LogP contribution in [0.4, 0.5) is 0 Å². The summed E-state index contributed by atoms with van der Waals surface area (Å²) in [5.41, 5.74) is 1.17. The van der Waals surface area contributed by atoms with Crippen molar-refractivity contribution >= 4 is 15.9 Å². The second kappa shape index (κ2) is 7.86. The molecular formula is C15H22BrNO3. The summed E-state index contributed by atoms with van der Waals surface area (Å²) < 4.78 is 17.8. The third kappa shape index (κ3) is 4.36. The maximum Gasteiger partial charge on any atom is 0.175 e. The fraction of sp³-hybridized carbons (Fsp3) is 0.600. The molecule has 4 nitrogen and oxygen atoms in total. The van der Waals surface area contributed by atoms with E-state index in [0.29, 0.717) is 19.3 Å². The monoisotopic (exact) mass is 343 g/mol. The lowest BCUT2D eigenvalue weighted by Gasteiger charge is -2.15. The number of fused-ring (bicyclic) bond motifs is 1. The van der Waals surface area contributed by atoms with Crippen molar-refractivity contribution in [1.82, 2.24) is 5.32 Å². The highest BCUT2D eigenvalue weighted by molar-refractivity contribution is 9.10. The third-order valence-corrected chi connectivity index (χ3v) is 3.68. The summed E-state index contributed by atoms with van der Waals surface area (Å²) in [4.78, 5) is 0. The Morgan fingerprint density at radius 2 is 2.15 bits per heavy atom. The predicted molar refractivity (Wildman–Crippen MR) is 82.5 cm³/mol. The van der Waals surface area contributed by atoms with Gasteiger partial charge in [-0.05, 0) is 47.5 Å². The van der Waals surface area contributed by atoms with Crippen LogP contribution in [0.5, 0.6) is 11.5 Å². The molecule has 0 radical (unpaired) electrons. The Labute approximate surface area is 128 Å². The van der Waals surface area contributed by atoms with Gasteiger partial charge in [0.2, 0.25) is 0 Å². The minimum Gasteiger partial charge on any atom is -0.490 e. The van der Waals surface area contributed by atoms with Crippen LogP contribution < -0.4 is 14.8 Å². The van der Waals surface area contributed by atoms with Gasteiger partial charge in [-0.1, -0.05) is 0 Å². The number of ether oxygens (including phenoxy) is 3. The average molecular weight is 344 g/mol. The summed E-state index contributed by atoms with van der Waals surface area (Å²) in [6, 6.07) is 4.45. The molecule has 5 heteroatoms. The predicted octanol–water partition coefficient (Wildman–Crippen LogP) is 3.13. The van der Waals surface area contributed by atoms with Crippen LogP contribution in [0.1, 0.15) is 25.8 Å². The Bertz CT molecular complexity index is 439. The minimum absolute atomic E-state index is 0.324. The molecule has 0 amide bonds. The summed E-state index contributed by atoms with van der Waals surface area (Å²) in [5, 5.41) is 3.44. The van der Waals surface area contributed by atoms with Crippen LogP contribution in [0, 0.1) is 0 Å². The summed E-state index contributed by atoms with van der Waals surface area (Å²) in [6.07, 6.45) is 0.917. The first-order chi connectivity index (χ1) is 9.70. The standard InChI is InChI=1S/C15H22BrNO3/c1-3-18-10-11(2)17-9-12-7-13(16)15-14(8-12)19-5-4-6-20-15/h7-8,11,17H,3-6,9-10H2,1-2H3. The maximum atomic E-state index is 5.73. The molecule has 1 N–H and O–H groups in total. The molecule has 0 saturated carbocycles. The van der Waals surface area contributed by atoms with E-state index >= 15 is 0 Å². The maximum absolute atomic E-state index is 5.73. The van der Waals surface area contributed by atoms with Gasteiger partial charge >= 0.3 is 0 Å². The van der Waals surface area contributed by atoms with Crippen molar-refractivity contribution in [3.8, 4) is 11.5 Å². The highest BCUT2D eigenvalue weighted by Gasteiger charge is 2.15. The van der Waals surface area contributed by atoms with E-state index in [2.05, 4.69) is 34.2 Å². The smallest absolute Gasteiger partial charge is 0.175 e. The molecule has 2 rings (SSSR count). The first-order valence-corrected chi connectivity index (χ1v) is 7.89. The highest BCUT2D eigenvalue weighted by atomic mass is 79.9. The van der Waals surface area contributed by atoms with Gasteiger partial charge in [0.05, 0.1) is 24.3 Å². The number of hydrogen-bond donors (Lipinski definition) is 1. The molecule has 1 aromatic rings. The van der Waals surface area contributed by atoms with Crippen molar-refractivity contribution < 1.29 is 14.2 Å². The zero-order chi connectivity index (χ0) is 14.4. The Morgan fingerprint density at radius 1 is 1.35 bits per heavy atom. The van der Waals surface area contributed by atoms with Gasteiger partial charge in [-0.2, -0.15) is 0 Å². The van der Waals surface area contributed by atoms with Gasteiger partial charge in [-0.15, -0.1) is 0 Å². The molecular weight excluding hydrogens is 322 g/mol. The Morgan fingerprint density at radius 3 is 2.95 bits per heavy atom. The van der Waals surface area contributed by atoms with Gasteiger partial charge < -0.3 is 19.5 Å². The highest BCUT2D eigenvalue weighted by Crippen LogP contribution is 2.38. The van der Waals surface area contributed by atoms with Crippen molar-refractivity contribution in [2.24, 2.45) is 0 Å². The molecule has 1 atom stereocenters. The second-order valence-electron chi connectivity index (χ2n) is 4.90. The van der Waals surface area contributed by atoms with Crippen LogP contribution in [-0.2, 0) is 11.3 Å². The van der Waals surface area contributed by atoms with Crippen molar-refractivity contribution in [2.75, 3.05) is 26.4 Å². The van der Waals surface area contributed by atoms with E-state index in [-0.39, 0.29) is 0 Å². The van der Waals surface area contributed by atoms with Gasteiger partial charge in [0.15, 0.2) is 11.5 Å². The number of halogens is 1. The van der Waals surface area contributed by atoms with Crippen LogP contribution in [0.25, 0.3) is 0 Å². The lowest BCUT2D eigenvalue weighted by atomic mass is 10.2. The van der Waals surface area contributed by atoms with Crippen LogP contribution in [0.15, 0.2) is 16.6 Å². The molecule has 0 saturated heterocycles. The van der Waals surface area contributed by atoms with Crippen molar-refractivity contribution in [2.45, 2.75) is 32.9 Å². The van der Waals surface area contributed by atoms with Gasteiger partial charge in [0.1, 0.15) is 0 Å². The molecule has 112 valence electrons. The van der Waals surface area contributed by atoms with E-state index in [0.717, 1.165) is 42.2 Å². The fourth-order valence-corrected chi connectivity index (χ4v) is 2.64. The van der Waals surface area contributed by atoms with E-state index in [1.165, 1.54) is 5.56 Å². The molecule has 0 aromatic heterocycles. The SMILES string of the molecule is CCOCC(C)NCc1cc(Br)c2c(c1)OCCCO2. The first kappa shape index (κ1) is 15.6. The Hall–Kier alpha value is -0.780. The molecule has 1 aromatic carbocycles. The van der Waals surface area contributed by atoms with E-state index < -0.39 is 0 Å². The molecule has 1 unspecified atom stereocenters. The zero-order valence-corrected chi connectivity index (χ0v) is 13.7. The lowest BCUT2D eigenvalue weighted by molar-refractivity contribution is 0.127. The molecule has 1 aliphatic heterocycles. The summed E-state index contributed by atoms with van der Waals surface area (Å²) in [5.74, 6) is 1.64. The van der Waals surface area contributed by atoms with Gasteiger partial charge in [-0.3, -0.25) is 0 Å². The molecule has 1 heterocycles. The average Bonchev–Trinajstić information content (AvgIpc) is 2.68. The number of hydrogen-bond acceptors (Lipinski definition) is 4. The van der Waals surface area contributed by atoms with Crippen LogP contribution in [-0.4, -0.2) is 32.5 Å². The van der Waals surface area contributed by atoms with Crippen LogP contribution in [0.2, 0.25) is 0 Å². The Balaban J connectivity index is 1.98. The molecule has 0 bridgehead atoms. The van der Waals surface area contributed by atoms with Crippen LogP contribution >= 0.6 is 15.9 Å². The quantitative estimate of drug-likeness (QED) is 0.861. The minimum atomic E-state index is 0.324. The summed E-state index contributed by atoms with van der Waals surface area (Å²) in [6.45, 7) is 7.79. The molecule has 0 fully saturated rings. The van der Waals surface area contributed by atoms with E-state index in [9.17, 15) is 0 Å².